The number of hydrogen-bond donors (Lipinski definition) is 1. The summed E-state index contributed by atoms with van der Waals surface area (Å²) in [5, 5.41) is 2.87. The highest BCUT2D eigenvalue weighted by Crippen LogP contribution is 2.26. The number of ether oxygens (including phenoxy) is 1. The van der Waals surface area contributed by atoms with Gasteiger partial charge in [-0.2, -0.15) is 0 Å². The topological polar surface area (TPSA) is 67.8 Å². The molecule has 0 atom stereocenters. The molecular weight excluding hydrogens is 368 g/mol. The summed E-state index contributed by atoms with van der Waals surface area (Å²) in [6.07, 6.45) is 0. The van der Waals surface area contributed by atoms with E-state index in [0.717, 1.165) is 22.2 Å². The van der Waals surface area contributed by atoms with Crippen molar-refractivity contribution in [3.8, 4) is 0 Å². The quantitative estimate of drug-likeness (QED) is 0.785. The normalized spacial score (nSPS) is 13.2. The van der Waals surface area contributed by atoms with Gasteiger partial charge in [0.15, 0.2) is 0 Å². The van der Waals surface area contributed by atoms with Gasteiger partial charge in [0.25, 0.3) is 5.91 Å². The van der Waals surface area contributed by atoms with Crippen LogP contribution in [0.5, 0.6) is 0 Å². The first-order valence-corrected chi connectivity index (χ1v) is 10.0. The molecule has 0 bridgehead atoms. The summed E-state index contributed by atoms with van der Waals surface area (Å²) in [6.45, 7) is 0.872. The Hall–Kier alpha value is -2.25. The first-order chi connectivity index (χ1) is 12.7. The fraction of sp³-hybridized carbons (Fsp3) is 0.211. The minimum Gasteiger partial charge on any atom is -0.465 e. The van der Waals surface area contributed by atoms with Crippen LogP contribution in [0.15, 0.2) is 53.5 Å². The lowest BCUT2D eigenvalue weighted by Crippen LogP contribution is -2.14. The minimum absolute atomic E-state index is 0.173. The summed E-state index contributed by atoms with van der Waals surface area (Å²) in [4.78, 5) is 28.6. The van der Waals surface area contributed by atoms with Gasteiger partial charge in [0, 0.05) is 22.8 Å². The van der Waals surface area contributed by atoms with Crippen LogP contribution < -0.4 is 5.32 Å². The Balaban J connectivity index is 1.68. The van der Waals surface area contributed by atoms with Crippen molar-refractivity contribution in [2.45, 2.75) is 5.75 Å². The molecule has 1 heterocycles. The number of hydrogen-bond acceptors (Lipinski definition) is 6. The zero-order valence-electron chi connectivity index (χ0n) is 14.2. The van der Waals surface area contributed by atoms with Crippen molar-refractivity contribution in [3.63, 3.8) is 0 Å². The summed E-state index contributed by atoms with van der Waals surface area (Å²) in [5.74, 6) is 1.16. The molecule has 26 heavy (non-hydrogen) atoms. The zero-order valence-corrected chi connectivity index (χ0v) is 15.9. The lowest BCUT2D eigenvalue weighted by molar-refractivity contribution is 0.0600. The first-order valence-electron chi connectivity index (χ1n) is 8.05. The van der Waals surface area contributed by atoms with E-state index in [0.29, 0.717) is 22.6 Å². The van der Waals surface area contributed by atoms with Crippen molar-refractivity contribution in [1.82, 2.24) is 0 Å². The molecule has 134 valence electrons. The van der Waals surface area contributed by atoms with Gasteiger partial charge in [-0.05, 0) is 35.9 Å². The number of aliphatic imine (C=N–C) groups is 1. The van der Waals surface area contributed by atoms with Gasteiger partial charge in [0.2, 0.25) is 0 Å². The molecule has 1 amide bonds. The van der Waals surface area contributed by atoms with Crippen molar-refractivity contribution >= 4 is 45.5 Å². The number of anilines is 1. The molecule has 1 aliphatic heterocycles. The van der Waals surface area contributed by atoms with Crippen molar-refractivity contribution in [3.05, 3.63) is 65.2 Å². The van der Waals surface area contributed by atoms with E-state index < -0.39 is 5.97 Å². The Kier molecular flexibility index (Phi) is 6.35. The molecule has 2 aromatic carbocycles. The number of methoxy groups -OCH3 is 1. The standard InChI is InChI=1S/C19H18N2O3S2/c1-24-18(23)13-6-8-15(9-7-13)21-17(22)16-5-3-2-4-14(16)12-26-19-20-10-11-25-19/h2-9H,10-12H2,1H3,(H,21,22). The van der Waals surface area contributed by atoms with Crippen molar-refractivity contribution in [2.75, 3.05) is 24.7 Å². The van der Waals surface area contributed by atoms with Gasteiger partial charge >= 0.3 is 5.97 Å². The number of nitrogens with one attached hydrogen (secondary N) is 1. The maximum absolute atomic E-state index is 12.7. The number of carbonyl (C=O) groups is 2. The molecule has 0 fully saturated rings. The molecule has 0 saturated heterocycles. The largest absolute Gasteiger partial charge is 0.465 e. The van der Waals surface area contributed by atoms with Gasteiger partial charge in [-0.3, -0.25) is 9.79 Å². The van der Waals surface area contributed by atoms with Crippen LogP contribution in [0, 0.1) is 0 Å². The Morgan fingerprint density at radius 2 is 1.96 bits per heavy atom. The fourth-order valence-electron chi connectivity index (χ4n) is 2.42. The van der Waals surface area contributed by atoms with Gasteiger partial charge in [-0.15, -0.1) is 0 Å². The maximum atomic E-state index is 12.7. The highest BCUT2D eigenvalue weighted by molar-refractivity contribution is 8.38. The predicted molar refractivity (Wildman–Crippen MR) is 108 cm³/mol. The van der Waals surface area contributed by atoms with E-state index in [-0.39, 0.29) is 5.91 Å². The van der Waals surface area contributed by atoms with Crippen LogP contribution in [-0.2, 0) is 10.5 Å². The average Bonchev–Trinajstić information content (AvgIpc) is 3.20. The molecule has 0 unspecified atom stereocenters. The zero-order chi connectivity index (χ0) is 18.4. The Labute approximate surface area is 160 Å². The molecular formula is C19H18N2O3S2. The number of carbonyl (C=O) groups excluding carboxylic acids is 2. The highest BCUT2D eigenvalue weighted by atomic mass is 32.2. The number of thioether (sulfide) groups is 2. The Morgan fingerprint density at radius 3 is 2.65 bits per heavy atom. The fourth-order valence-corrected chi connectivity index (χ4v) is 4.43. The third kappa shape index (κ3) is 4.68. The van der Waals surface area contributed by atoms with Gasteiger partial charge in [0.1, 0.15) is 4.38 Å². The van der Waals surface area contributed by atoms with E-state index in [4.69, 9.17) is 0 Å². The van der Waals surface area contributed by atoms with E-state index >= 15 is 0 Å². The maximum Gasteiger partial charge on any atom is 0.337 e. The SMILES string of the molecule is COC(=O)c1ccc(NC(=O)c2ccccc2CSC2=NCCS2)cc1. The van der Waals surface area contributed by atoms with Gasteiger partial charge in [-0.1, -0.05) is 41.7 Å². The van der Waals surface area contributed by atoms with Crippen LogP contribution in [0.2, 0.25) is 0 Å². The third-order valence-corrected chi connectivity index (χ3v) is 6.04. The molecule has 2 aromatic rings. The van der Waals surface area contributed by atoms with E-state index in [9.17, 15) is 9.59 Å². The van der Waals surface area contributed by atoms with Gasteiger partial charge in [0.05, 0.1) is 19.2 Å². The molecule has 5 nitrogen and oxygen atoms in total. The number of rotatable bonds is 5. The van der Waals surface area contributed by atoms with Crippen LogP contribution in [0.1, 0.15) is 26.3 Å². The van der Waals surface area contributed by atoms with Crippen molar-refractivity contribution in [2.24, 2.45) is 4.99 Å². The molecule has 0 radical (unpaired) electrons. The molecule has 0 spiro atoms. The summed E-state index contributed by atoms with van der Waals surface area (Å²) >= 11 is 3.42. The molecule has 1 aliphatic rings. The minimum atomic E-state index is -0.405. The molecule has 3 rings (SSSR count). The molecule has 1 N–H and O–H groups in total. The van der Waals surface area contributed by atoms with Gasteiger partial charge < -0.3 is 10.1 Å². The molecule has 0 aliphatic carbocycles. The van der Waals surface area contributed by atoms with E-state index in [1.807, 2.05) is 24.3 Å². The van der Waals surface area contributed by atoms with Crippen LogP contribution in [0.4, 0.5) is 5.69 Å². The molecule has 7 heteroatoms. The Morgan fingerprint density at radius 1 is 1.19 bits per heavy atom. The van der Waals surface area contributed by atoms with E-state index in [1.54, 1.807) is 47.8 Å². The third-order valence-electron chi connectivity index (χ3n) is 3.73. The summed E-state index contributed by atoms with van der Waals surface area (Å²) < 4.78 is 5.75. The second-order valence-electron chi connectivity index (χ2n) is 5.46. The monoisotopic (exact) mass is 386 g/mol. The summed E-state index contributed by atoms with van der Waals surface area (Å²) in [7, 11) is 1.34. The second kappa shape index (κ2) is 8.91. The Bertz CT molecular complexity index is 835. The first kappa shape index (κ1) is 18.5. The summed E-state index contributed by atoms with van der Waals surface area (Å²) in [5.41, 5.74) is 2.68. The number of benzene rings is 2. The lowest BCUT2D eigenvalue weighted by Gasteiger charge is -2.10. The highest BCUT2D eigenvalue weighted by Gasteiger charge is 2.14. The number of esters is 1. The molecule has 0 saturated carbocycles. The number of nitrogens with zero attached hydrogens (tertiary/aromatic N) is 1. The van der Waals surface area contributed by atoms with Gasteiger partial charge in [-0.25, -0.2) is 4.79 Å². The second-order valence-corrected chi connectivity index (χ2v) is 7.77. The van der Waals surface area contributed by atoms with Crippen LogP contribution in [-0.4, -0.2) is 35.7 Å². The number of amides is 1. The molecule has 0 aromatic heterocycles. The van der Waals surface area contributed by atoms with E-state index in [1.165, 1.54) is 7.11 Å². The summed E-state index contributed by atoms with van der Waals surface area (Å²) in [6, 6.07) is 14.2. The van der Waals surface area contributed by atoms with Crippen LogP contribution >= 0.6 is 23.5 Å². The average molecular weight is 386 g/mol. The van der Waals surface area contributed by atoms with Crippen LogP contribution in [0.3, 0.4) is 0 Å². The van der Waals surface area contributed by atoms with E-state index in [2.05, 4.69) is 15.0 Å². The smallest absolute Gasteiger partial charge is 0.337 e. The lowest BCUT2D eigenvalue weighted by atomic mass is 10.1. The van der Waals surface area contributed by atoms with Crippen molar-refractivity contribution in [1.29, 1.82) is 0 Å². The van der Waals surface area contributed by atoms with Crippen molar-refractivity contribution < 1.29 is 14.3 Å². The van der Waals surface area contributed by atoms with Crippen LogP contribution in [0.25, 0.3) is 0 Å². The predicted octanol–water partition coefficient (Wildman–Crippen LogP) is 4.06.